The van der Waals surface area contributed by atoms with E-state index in [-0.39, 0.29) is 17.4 Å². The van der Waals surface area contributed by atoms with Crippen LogP contribution < -0.4 is 5.56 Å². The topological polar surface area (TPSA) is 55.2 Å². The third kappa shape index (κ3) is 2.54. The van der Waals surface area contributed by atoms with Gasteiger partial charge in [-0.1, -0.05) is 0 Å². The number of likely N-dealkylation sites (tertiary alicyclic amines) is 1. The van der Waals surface area contributed by atoms with E-state index in [2.05, 4.69) is 11.1 Å². The molecule has 0 aromatic carbocycles. The zero-order valence-corrected chi connectivity index (χ0v) is 14.0. The second kappa shape index (κ2) is 5.58. The number of piperidine rings is 1. The standard InChI is InChI=1S/C19H21N3O2/c1-12-3-4-20-17(5-12)15-7-18-16-6-14(9-21(11-16)13(2)23)10-22(18)19(24)8-15/h3-5,7-8,14,16H,6,9-11H2,1-2H3/t14-,16+/m0/s1. The van der Waals surface area contributed by atoms with Gasteiger partial charge in [-0.05, 0) is 43.0 Å². The summed E-state index contributed by atoms with van der Waals surface area (Å²) >= 11 is 0. The number of nitrogens with zero attached hydrogens (tertiary/aromatic N) is 3. The molecule has 0 unspecified atom stereocenters. The van der Waals surface area contributed by atoms with Crippen LogP contribution in [0.15, 0.2) is 35.3 Å². The fourth-order valence-electron chi connectivity index (χ4n) is 4.06. The lowest BCUT2D eigenvalue weighted by Gasteiger charge is -2.42. The molecule has 5 heteroatoms. The van der Waals surface area contributed by atoms with Crippen molar-refractivity contribution in [2.24, 2.45) is 5.92 Å². The summed E-state index contributed by atoms with van der Waals surface area (Å²) in [5, 5.41) is 0. The zero-order valence-electron chi connectivity index (χ0n) is 14.0. The largest absolute Gasteiger partial charge is 0.342 e. The summed E-state index contributed by atoms with van der Waals surface area (Å²) in [4.78, 5) is 30.8. The van der Waals surface area contributed by atoms with Gasteiger partial charge in [0, 0.05) is 56.0 Å². The number of aromatic nitrogens is 2. The maximum Gasteiger partial charge on any atom is 0.251 e. The summed E-state index contributed by atoms with van der Waals surface area (Å²) in [6.45, 7) is 5.82. The average Bonchev–Trinajstić information content (AvgIpc) is 2.55. The molecular weight excluding hydrogens is 302 g/mol. The van der Waals surface area contributed by atoms with Gasteiger partial charge in [-0.2, -0.15) is 0 Å². The summed E-state index contributed by atoms with van der Waals surface area (Å²) in [6, 6.07) is 7.73. The van der Waals surface area contributed by atoms with Crippen molar-refractivity contribution in [1.29, 1.82) is 0 Å². The number of amides is 1. The highest BCUT2D eigenvalue weighted by atomic mass is 16.2. The van der Waals surface area contributed by atoms with Crippen LogP contribution in [-0.4, -0.2) is 33.4 Å². The van der Waals surface area contributed by atoms with Crippen molar-refractivity contribution in [3.63, 3.8) is 0 Å². The van der Waals surface area contributed by atoms with Gasteiger partial charge in [-0.15, -0.1) is 0 Å². The van der Waals surface area contributed by atoms with Crippen LogP contribution in [0.3, 0.4) is 0 Å². The van der Waals surface area contributed by atoms with Gasteiger partial charge < -0.3 is 9.47 Å². The van der Waals surface area contributed by atoms with Gasteiger partial charge in [0.25, 0.3) is 5.56 Å². The molecule has 2 atom stereocenters. The Labute approximate surface area is 140 Å². The van der Waals surface area contributed by atoms with E-state index in [1.54, 1.807) is 19.2 Å². The first kappa shape index (κ1) is 15.1. The summed E-state index contributed by atoms with van der Waals surface area (Å²) in [7, 11) is 0. The van der Waals surface area contributed by atoms with Gasteiger partial charge in [0.2, 0.25) is 5.91 Å². The van der Waals surface area contributed by atoms with E-state index >= 15 is 0 Å². The van der Waals surface area contributed by atoms with Crippen LogP contribution >= 0.6 is 0 Å². The van der Waals surface area contributed by atoms with E-state index in [0.717, 1.165) is 35.5 Å². The molecule has 2 aromatic rings. The van der Waals surface area contributed by atoms with Crippen LogP contribution in [0.4, 0.5) is 0 Å². The number of pyridine rings is 2. The number of hydrogen-bond acceptors (Lipinski definition) is 3. The summed E-state index contributed by atoms with van der Waals surface area (Å²) in [5.41, 5.74) is 3.91. The predicted molar refractivity (Wildman–Crippen MR) is 91.8 cm³/mol. The maximum absolute atomic E-state index is 12.6. The number of hydrogen-bond donors (Lipinski definition) is 0. The molecule has 1 fully saturated rings. The van der Waals surface area contributed by atoms with Crippen molar-refractivity contribution in [3.05, 3.63) is 52.1 Å². The number of carbonyl (C=O) groups is 1. The molecule has 0 radical (unpaired) electrons. The van der Waals surface area contributed by atoms with Crippen molar-refractivity contribution >= 4 is 5.91 Å². The average molecular weight is 323 g/mol. The maximum atomic E-state index is 12.6. The van der Waals surface area contributed by atoms with Gasteiger partial charge in [0.05, 0.1) is 5.69 Å². The third-order valence-electron chi connectivity index (χ3n) is 5.21. The highest BCUT2D eigenvalue weighted by molar-refractivity contribution is 5.73. The second-order valence-corrected chi connectivity index (χ2v) is 7.06. The minimum atomic E-state index is 0.0387. The summed E-state index contributed by atoms with van der Waals surface area (Å²) in [5.74, 6) is 0.733. The van der Waals surface area contributed by atoms with Gasteiger partial charge in [-0.3, -0.25) is 14.6 Å². The molecule has 0 saturated carbocycles. The van der Waals surface area contributed by atoms with Crippen molar-refractivity contribution in [2.75, 3.05) is 13.1 Å². The molecule has 4 heterocycles. The van der Waals surface area contributed by atoms with E-state index in [1.165, 1.54) is 0 Å². The first-order valence-electron chi connectivity index (χ1n) is 8.44. The lowest BCUT2D eigenvalue weighted by atomic mass is 9.82. The Balaban J connectivity index is 1.79. The molecule has 1 amide bonds. The second-order valence-electron chi connectivity index (χ2n) is 7.06. The number of fused-ring (bicyclic) bond motifs is 4. The molecule has 0 aliphatic carbocycles. The number of carbonyl (C=O) groups excluding carboxylic acids is 1. The lowest BCUT2D eigenvalue weighted by Crippen LogP contribution is -2.48. The van der Waals surface area contributed by atoms with Crippen LogP contribution in [0.1, 0.15) is 30.5 Å². The molecule has 5 nitrogen and oxygen atoms in total. The van der Waals surface area contributed by atoms with Gasteiger partial charge in [0.1, 0.15) is 0 Å². The Morgan fingerprint density at radius 1 is 1.21 bits per heavy atom. The molecule has 4 rings (SSSR count). The van der Waals surface area contributed by atoms with Gasteiger partial charge in [-0.25, -0.2) is 0 Å². The van der Waals surface area contributed by atoms with Crippen LogP contribution in [0.2, 0.25) is 0 Å². The number of aryl methyl sites for hydroxylation is 1. The highest BCUT2D eigenvalue weighted by Crippen LogP contribution is 2.36. The molecule has 2 aliphatic heterocycles. The van der Waals surface area contributed by atoms with E-state index in [4.69, 9.17) is 0 Å². The molecule has 24 heavy (non-hydrogen) atoms. The lowest BCUT2D eigenvalue weighted by molar-refractivity contribution is -0.131. The highest BCUT2D eigenvalue weighted by Gasteiger charge is 2.35. The molecule has 1 saturated heterocycles. The Morgan fingerprint density at radius 2 is 2.04 bits per heavy atom. The van der Waals surface area contributed by atoms with E-state index in [0.29, 0.717) is 19.0 Å². The predicted octanol–water partition coefficient (Wildman–Crippen LogP) is 2.18. The Hall–Kier alpha value is -2.43. The van der Waals surface area contributed by atoms with E-state index in [9.17, 15) is 9.59 Å². The monoisotopic (exact) mass is 323 g/mol. The smallest absolute Gasteiger partial charge is 0.251 e. The first-order valence-corrected chi connectivity index (χ1v) is 8.44. The van der Waals surface area contributed by atoms with Crippen molar-refractivity contribution in [2.45, 2.75) is 32.7 Å². The van der Waals surface area contributed by atoms with Crippen LogP contribution in [0.5, 0.6) is 0 Å². The van der Waals surface area contributed by atoms with Crippen molar-refractivity contribution in [3.8, 4) is 11.3 Å². The Morgan fingerprint density at radius 3 is 2.79 bits per heavy atom. The minimum absolute atomic E-state index is 0.0387. The normalized spacial score (nSPS) is 22.2. The van der Waals surface area contributed by atoms with Crippen LogP contribution in [-0.2, 0) is 11.3 Å². The summed E-state index contributed by atoms with van der Waals surface area (Å²) in [6.07, 6.45) is 2.82. The molecule has 0 N–H and O–H groups in total. The van der Waals surface area contributed by atoms with E-state index < -0.39 is 0 Å². The van der Waals surface area contributed by atoms with Gasteiger partial charge in [0.15, 0.2) is 0 Å². The van der Waals surface area contributed by atoms with Gasteiger partial charge >= 0.3 is 0 Å². The van der Waals surface area contributed by atoms with Crippen molar-refractivity contribution in [1.82, 2.24) is 14.5 Å². The molecule has 124 valence electrons. The fraction of sp³-hybridized carbons (Fsp3) is 0.421. The van der Waals surface area contributed by atoms with E-state index in [1.807, 2.05) is 28.5 Å². The minimum Gasteiger partial charge on any atom is -0.342 e. The SMILES string of the molecule is CC(=O)N1C[C@@H]2C[C@H](C1)c1cc(-c3cc(C)ccn3)cc(=O)n1C2. The third-order valence-corrected chi connectivity index (χ3v) is 5.21. The molecule has 2 aromatic heterocycles. The zero-order chi connectivity index (χ0) is 16.8. The van der Waals surface area contributed by atoms with Crippen molar-refractivity contribution < 1.29 is 4.79 Å². The number of rotatable bonds is 1. The quantitative estimate of drug-likeness (QED) is 0.808. The summed E-state index contributed by atoms with van der Waals surface area (Å²) < 4.78 is 1.90. The fourth-order valence-corrected chi connectivity index (χ4v) is 4.06. The van der Waals surface area contributed by atoms with Crippen LogP contribution in [0.25, 0.3) is 11.3 Å². The Bertz CT molecular complexity index is 871. The molecule has 2 bridgehead atoms. The molecular formula is C19H21N3O2. The first-order chi connectivity index (χ1) is 11.5. The Kier molecular flexibility index (Phi) is 3.52. The molecule has 2 aliphatic rings. The molecule has 0 spiro atoms. The van der Waals surface area contributed by atoms with Crippen LogP contribution in [0, 0.1) is 12.8 Å².